The van der Waals surface area contributed by atoms with E-state index in [1.165, 1.54) is 12.1 Å². The number of hydrogen-bond donors (Lipinski definition) is 0. The van der Waals surface area contributed by atoms with Gasteiger partial charge in [-0.2, -0.15) is 0 Å². The summed E-state index contributed by atoms with van der Waals surface area (Å²) in [5.74, 6) is -0.278. The molecule has 0 unspecified atom stereocenters. The molecule has 0 fully saturated rings. The standard InChI is InChI=1S/C11H7NO4S/c13-12(14)9-5-4-7-2-1-3-10-11(7)8(9)6-17(10,15)16/h1-5H,6H2. The van der Waals surface area contributed by atoms with Gasteiger partial charge in [-0.3, -0.25) is 10.1 Å². The fourth-order valence-electron chi connectivity index (χ4n) is 2.25. The third-order valence-corrected chi connectivity index (χ3v) is 4.64. The molecule has 2 aromatic rings. The minimum absolute atomic E-state index is 0.119. The first-order valence-electron chi connectivity index (χ1n) is 4.92. The fourth-order valence-corrected chi connectivity index (χ4v) is 3.92. The molecule has 0 amide bonds. The zero-order valence-corrected chi connectivity index (χ0v) is 9.40. The number of rotatable bonds is 1. The summed E-state index contributed by atoms with van der Waals surface area (Å²) in [6, 6.07) is 7.85. The molecule has 1 aliphatic heterocycles. The summed E-state index contributed by atoms with van der Waals surface area (Å²) in [6.07, 6.45) is 0. The molecule has 2 aromatic carbocycles. The van der Waals surface area contributed by atoms with Crippen LogP contribution in [-0.2, 0) is 15.6 Å². The van der Waals surface area contributed by atoms with E-state index >= 15 is 0 Å². The SMILES string of the molecule is O=[N+]([O-])c1ccc2cccc3c2c1CS3(=O)=O. The monoisotopic (exact) mass is 249 g/mol. The number of nitro benzene ring substituents is 1. The molecule has 0 aliphatic carbocycles. The van der Waals surface area contributed by atoms with Gasteiger partial charge in [-0.15, -0.1) is 0 Å². The van der Waals surface area contributed by atoms with E-state index < -0.39 is 14.8 Å². The predicted octanol–water partition coefficient (Wildman–Crippen LogP) is 2.04. The van der Waals surface area contributed by atoms with Crippen molar-refractivity contribution in [2.24, 2.45) is 0 Å². The van der Waals surface area contributed by atoms with Gasteiger partial charge in [0.05, 0.1) is 21.1 Å². The maximum absolute atomic E-state index is 11.9. The van der Waals surface area contributed by atoms with Crippen molar-refractivity contribution in [1.82, 2.24) is 0 Å². The van der Waals surface area contributed by atoms with Gasteiger partial charge < -0.3 is 0 Å². The Morgan fingerprint density at radius 3 is 2.65 bits per heavy atom. The largest absolute Gasteiger partial charge is 0.274 e. The van der Waals surface area contributed by atoms with Crippen molar-refractivity contribution in [3.05, 3.63) is 46.0 Å². The molecule has 0 atom stereocenters. The predicted molar refractivity (Wildman–Crippen MR) is 61.5 cm³/mol. The Balaban J connectivity index is 2.54. The van der Waals surface area contributed by atoms with Crippen molar-refractivity contribution in [1.29, 1.82) is 0 Å². The van der Waals surface area contributed by atoms with E-state index in [9.17, 15) is 18.5 Å². The fraction of sp³-hybridized carbons (Fsp3) is 0.0909. The zero-order valence-electron chi connectivity index (χ0n) is 8.58. The second-order valence-electron chi connectivity index (χ2n) is 3.93. The van der Waals surface area contributed by atoms with Crippen LogP contribution < -0.4 is 0 Å². The highest BCUT2D eigenvalue weighted by atomic mass is 32.2. The maximum atomic E-state index is 11.9. The Morgan fingerprint density at radius 1 is 1.18 bits per heavy atom. The summed E-state index contributed by atoms with van der Waals surface area (Å²) < 4.78 is 23.8. The average Bonchev–Trinajstić information content (AvgIpc) is 2.53. The van der Waals surface area contributed by atoms with Crippen LogP contribution in [0.3, 0.4) is 0 Å². The molecule has 0 radical (unpaired) electrons. The molecule has 0 spiro atoms. The molecule has 0 saturated carbocycles. The first kappa shape index (κ1) is 10.2. The van der Waals surface area contributed by atoms with Crippen LogP contribution in [0.1, 0.15) is 5.56 Å². The number of benzene rings is 2. The van der Waals surface area contributed by atoms with E-state index in [-0.39, 0.29) is 16.3 Å². The smallest absolute Gasteiger partial charge is 0.258 e. The van der Waals surface area contributed by atoms with Crippen LogP contribution in [0.15, 0.2) is 35.2 Å². The van der Waals surface area contributed by atoms with Gasteiger partial charge in [0.1, 0.15) is 0 Å². The normalized spacial score (nSPS) is 16.2. The number of sulfone groups is 1. The Morgan fingerprint density at radius 2 is 1.94 bits per heavy atom. The summed E-state index contributed by atoms with van der Waals surface area (Å²) in [4.78, 5) is 10.5. The van der Waals surface area contributed by atoms with Gasteiger partial charge in [-0.1, -0.05) is 12.1 Å². The second kappa shape index (κ2) is 3.04. The lowest BCUT2D eigenvalue weighted by molar-refractivity contribution is -0.385. The molecule has 0 aromatic heterocycles. The number of nitrogens with zero attached hydrogens (tertiary/aromatic N) is 1. The Kier molecular flexibility index (Phi) is 1.83. The van der Waals surface area contributed by atoms with E-state index in [0.29, 0.717) is 10.9 Å². The maximum Gasteiger partial charge on any atom is 0.274 e. The number of nitro groups is 1. The van der Waals surface area contributed by atoms with Crippen LogP contribution in [0.4, 0.5) is 5.69 Å². The van der Waals surface area contributed by atoms with Crippen molar-refractivity contribution in [2.45, 2.75) is 10.6 Å². The van der Waals surface area contributed by atoms with Crippen molar-refractivity contribution in [3.63, 3.8) is 0 Å². The second-order valence-corrected chi connectivity index (χ2v) is 5.89. The summed E-state index contributed by atoms with van der Waals surface area (Å²) in [7, 11) is -3.42. The number of hydrogen-bond acceptors (Lipinski definition) is 4. The summed E-state index contributed by atoms with van der Waals surface area (Å²) in [5, 5.41) is 12.1. The van der Waals surface area contributed by atoms with Crippen LogP contribution in [0.25, 0.3) is 10.8 Å². The highest BCUT2D eigenvalue weighted by Crippen LogP contribution is 2.40. The molecular weight excluding hydrogens is 242 g/mol. The van der Waals surface area contributed by atoms with Crippen molar-refractivity contribution in [3.8, 4) is 0 Å². The minimum Gasteiger partial charge on any atom is -0.258 e. The highest BCUT2D eigenvalue weighted by molar-refractivity contribution is 7.91. The van der Waals surface area contributed by atoms with E-state index in [2.05, 4.69) is 0 Å². The lowest BCUT2D eigenvalue weighted by atomic mass is 10.0. The average molecular weight is 249 g/mol. The molecule has 0 saturated heterocycles. The van der Waals surface area contributed by atoms with Crippen LogP contribution in [0, 0.1) is 10.1 Å². The first-order valence-corrected chi connectivity index (χ1v) is 6.58. The van der Waals surface area contributed by atoms with E-state index in [0.717, 1.165) is 5.39 Å². The lowest BCUT2D eigenvalue weighted by Crippen LogP contribution is -1.98. The molecule has 6 heteroatoms. The summed E-state index contributed by atoms with van der Waals surface area (Å²) in [5.41, 5.74) is 0.189. The van der Waals surface area contributed by atoms with Crippen molar-refractivity contribution < 1.29 is 13.3 Å². The van der Waals surface area contributed by atoms with Gasteiger partial charge in [0.15, 0.2) is 9.84 Å². The molecular formula is C11H7NO4S. The quantitative estimate of drug-likeness (QED) is 0.572. The third kappa shape index (κ3) is 1.27. The van der Waals surface area contributed by atoms with Crippen molar-refractivity contribution in [2.75, 3.05) is 0 Å². The van der Waals surface area contributed by atoms with Crippen LogP contribution in [-0.4, -0.2) is 13.3 Å². The van der Waals surface area contributed by atoms with Crippen LogP contribution >= 0.6 is 0 Å². The third-order valence-electron chi connectivity index (χ3n) is 2.96. The van der Waals surface area contributed by atoms with Gasteiger partial charge in [-0.25, -0.2) is 8.42 Å². The first-order chi connectivity index (χ1) is 8.00. The van der Waals surface area contributed by atoms with E-state index in [1.807, 2.05) is 0 Å². The Hall–Kier alpha value is -1.95. The topological polar surface area (TPSA) is 77.3 Å². The molecule has 0 N–H and O–H groups in total. The van der Waals surface area contributed by atoms with Crippen LogP contribution in [0.5, 0.6) is 0 Å². The molecule has 17 heavy (non-hydrogen) atoms. The van der Waals surface area contributed by atoms with Gasteiger partial charge in [0.25, 0.3) is 5.69 Å². The van der Waals surface area contributed by atoms with Crippen molar-refractivity contribution >= 4 is 26.3 Å². The summed E-state index contributed by atoms with van der Waals surface area (Å²) >= 11 is 0. The van der Waals surface area contributed by atoms with E-state index in [1.54, 1.807) is 18.2 Å². The van der Waals surface area contributed by atoms with Gasteiger partial charge >= 0.3 is 0 Å². The van der Waals surface area contributed by atoms with Crippen LogP contribution in [0.2, 0.25) is 0 Å². The Bertz CT molecular complexity index is 764. The highest BCUT2D eigenvalue weighted by Gasteiger charge is 2.33. The van der Waals surface area contributed by atoms with Gasteiger partial charge in [0.2, 0.25) is 0 Å². The molecule has 5 nitrogen and oxygen atoms in total. The van der Waals surface area contributed by atoms with E-state index in [4.69, 9.17) is 0 Å². The minimum atomic E-state index is -3.42. The molecule has 3 rings (SSSR count). The lowest BCUT2D eigenvalue weighted by Gasteiger charge is -2.00. The molecule has 86 valence electrons. The zero-order chi connectivity index (χ0) is 12.2. The van der Waals surface area contributed by atoms with Gasteiger partial charge in [0, 0.05) is 11.5 Å². The Labute approximate surface area is 96.8 Å². The van der Waals surface area contributed by atoms with Gasteiger partial charge in [-0.05, 0) is 17.5 Å². The summed E-state index contributed by atoms with van der Waals surface area (Å²) in [6.45, 7) is 0. The molecule has 0 bridgehead atoms. The molecule has 1 heterocycles. The molecule has 1 aliphatic rings.